The normalized spacial score (nSPS) is 17.6. The van der Waals surface area contributed by atoms with E-state index in [0.717, 1.165) is 34.3 Å². The minimum Gasteiger partial charge on any atom is -0.545 e. The number of nitrogens with zero attached hydrogens (tertiary/aromatic N) is 1. The second kappa shape index (κ2) is 3.70. The Kier molecular flexibility index (Phi) is 2.26. The summed E-state index contributed by atoms with van der Waals surface area (Å²) in [5.41, 5.74) is 2.93. The highest BCUT2D eigenvalue weighted by molar-refractivity contribution is 5.95. The molecule has 0 bridgehead atoms. The topological polar surface area (TPSA) is 62.2 Å². The van der Waals surface area contributed by atoms with E-state index in [1.54, 1.807) is 12.1 Å². The molecule has 4 nitrogen and oxygen atoms in total. The summed E-state index contributed by atoms with van der Waals surface area (Å²) in [6.07, 6.45) is 0.928. The van der Waals surface area contributed by atoms with Crippen molar-refractivity contribution in [3.8, 4) is 5.75 Å². The van der Waals surface area contributed by atoms with Crippen LogP contribution in [-0.2, 0) is 6.42 Å². The zero-order chi connectivity index (χ0) is 12.9. The third kappa shape index (κ3) is 1.53. The molecule has 1 aliphatic heterocycles. The van der Waals surface area contributed by atoms with Crippen LogP contribution in [-0.4, -0.2) is 17.1 Å². The van der Waals surface area contributed by atoms with Gasteiger partial charge in [-0.2, -0.15) is 0 Å². The van der Waals surface area contributed by atoms with Gasteiger partial charge < -0.3 is 14.6 Å². The van der Waals surface area contributed by atoms with Gasteiger partial charge in [-0.05, 0) is 31.5 Å². The number of aromatic nitrogens is 1. The molecule has 2 heterocycles. The summed E-state index contributed by atoms with van der Waals surface area (Å²) in [7, 11) is 0. The van der Waals surface area contributed by atoms with Crippen molar-refractivity contribution in [2.75, 3.05) is 0 Å². The molecule has 0 saturated heterocycles. The Bertz CT molecular complexity index is 664. The van der Waals surface area contributed by atoms with Crippen LogP contribution >= 0.6 is 0 Å². The highest BCUT2D eigenvalue weighted by Gasteiger charge is 2.24. The lowest BCUT2D eigenvalue weighted by Gasteiger charge is -2.10. The van der Waals surface area contributed by atoms with Crippen molar-refractivity contribution in [1.82, 2.24) is 4.98 Å². The summed E-state index contributed by atoms with van der Waals surface area (Å²) in [5.74, 6) is -0.412. The Morgan fingerprint density at radius 3 is 3.00 bits per heavy atom. The fourth-order valence-corrected chi connectivity index (χ4v) is 2.42. The smallest absolute Gasteiger partial charge is 0.134 e. The van der Waals surface area contributed by atoms with Crippen LogP contribution in [0.15, 0.2) is 18.2 Å². The zero-order valence-electron chi connectivity index (χ0n) is 10.2. The molecule has 3 rings (SSSR count). The minimum absolute atomic E-state index is 0.109. The second-order valence-corrected chi connectivity index (χ2v) is 4.66. The van der Waals surface area contributed by atoms with Crippen molar-refractivity contribution in [1.29, 1.82) is 0 Å². The molecule has 1 aromatic heterocycles. The average molecular weight is 242 g/mol. The summed E-state index contributed by atoms with van der Waals surface area (Å²) < 4.78 is 5.78. The molecule has 0 N–H and O–H groups in total. The number of carboxylic acids is 1. The predicted molar refractivity (Wildman–Crippen MR) is 64.6 cm³/mol. The van der Waals surface area contributed by atoms with E-state index in [9.17, 15) is 9.90 Å². The van der Waals surface area contributed by atoms with Gasteiger partial charge in [-0.25, -0.2) is 0 Å². The maximum absolute atomic E-state index is 10.9. The number of hydrogen-bond donors (Lipinski definition) is 0. The number of aryl methyl sites for hydroxylation is 1. The maximum atomic E-state index is 10.9. The lowest BCUT2D eigenvalue weighted by molar-refractivity contribution is -0.255. The fourth-order valence-electron chi connectivity index (χ4n) is 2.42. The van der Waals surface area contributed by atoms with Gasteiger partial charge in [0.1, 0.15) is 11.9 Å². The van der Waals surface area contributed by atoms with Gasteiger partial charge in [0.15, 0.2) is 0 Å². The van der Waals surface area contributed by atoms with E-state index in [1.807, 2.05) is 13.8 Å². The van der Waals surface area contributed by atoms with Gasteiger partial charge in [-0.1, -0.05) is 6.07 Å². The van der Waals surface area contributed by atoms with Gasteiger partial charge in [-0.15, -0.1) is 0 Å². The van der Waals surface area contributed by atoms with Crippen molar-refractivity contribution in [2.24, 2.45) is 0 Å². The Balaban J connectivity index is 2.32. The molecule has 1 aliphatic rings. The molecule has 1 atom stereocenters. The lowest BCUT2D eigenvalue weighted by Crippen LogP contribution is -2.22. The summed E-state index contributed by atoms with van der Waals surface area (Å²) >= 11 is 0. The molecule has 0 amide bonds. The predicted octanol–water partition coefficient (Wildman–Crippen LogP) is 1.23. The average Bonchev–Trinajstić information content (AvgIpc) is 2.71. The Labute approximate surface area is 104 Å². The lowest BCUT2D eigenvalue weighted by atomic mass is 10.0. The van der Waals surface area contributed by atoms with Crippen molar-refractivity contribution < 1.29 is 14.6 Å². The van der Waals surface area contributed by atoms with E-state index in [4.69, 9.17) is 4.74 Å². The summed E-state index contributed by atoms with van der Waals surface area (Å²) in [6.45, 7) is 3.94. The van der Waals surface area contributed by atoms with E-state index in [-0.39, 0.29) is 11.7 Å². The maximum Gasteiger partial charge on any atom is 0.134 e. The van der Waals surface area contributed by atoms with Crippen LogP contribution in [0.25, 0.3) is 10.9 Å². The molecule has 0 aliphatic carbocycles. The SMILES string of the molecule is Cc1nc2ccc(C(=O)[O-])cc2c2c1CC(C)O2. The quantitative estimate of drug-likeness (QED) is 0.754. The van der Waals surface area contributed by atoms with Crippen molar-refractivity contribution in [3.63, 3.8) is 0 Å². The van der Waals surface area contributed by atoms with Gasteiger partial charge in [0.05, 0.1) is 11.5 Å². The first-order valence-electron chi connectivity index (χ1n) is 5.87. The largest absolute Gasteiger partial charge is 0.545 e. The molecular weight excluding hydrogens is 230 g/mol. The number of carbonyl (C=O) groups is 1. The Hall–Kier alpha value is -2.10. The third-order valence-corrected chi connectivity index (χ3v) is 3.29. The number of aromatic carboxylic acids is 1. The Morgan fingerprint density at radius 2 is 2.28 bits per heavy atom. The molecule has 1 unspecified atom stereocenters. The number of rotatable bonds is 1. The third-order valence-electron chi connectivity index (χ3n) is 3.29. The molecule has 4 heteroatoms. The number of carbonyl (C=O) groups excluding carboxylic acids is 1. The molecule has 2 aromatic rings. The van der Waals surface area contributed by atoms with Crippen LogP contribution in [0.3, 0.4) is 0 Å². The van der Waals surface area contributed by atoms with Crippen LogP contribution in [0.2, 0.25) is 0 Å². The number of ether oxygens (including phenoxy) is 1. The van der Waals surface area contributed by atoms with Crippen molar-refractivity contribution in [3.05, 3.63) is 35.0 Å². The minimum atomic E-state index is -1.18. The first kappa shape index (κ1) is 11.0. The van der Waals surface area contributed by atoms with E-state index in [2.05, 4.69) is 4.98 Å². The highest BCUT2D eigenvalue weighted by Crippen LogP contribution is 2.37. The standard InChI is InChI=1S/C14H13NO3/c1-7-5-10-8(2)15-12-4-3-9(14(16)17)6-11(12)13(10)18-7/h3-4,6-7H,5H2,1-2H3,(H,16,17)/p-1. The first-order chi connectivity index (χ1) is 8.56. The van der Waals surface area contributed by atoms with E-state index < -0.39 is 5.97 Å². The molecule has 18 heavy (non-hydrogen) atoms. The van der Waals surface area contributed by atoms with Crippen molar-refractivity contribution in [2.45, 2.75) is 26.4 Å². The van der Waals surface area contributed by atoms with Crippen LogP contribution in [0.1, 0.15) is 28.5 Å². The number of benzene rings is 1. The molecule has 0 spiro atoms. The summed E-state index contributed by atoms with van der Waals surface area (Å²) in [6, 6.07) is 4.78. The van der Waals surface area contributed by atoms with Gasteiger partial charge in [0, 0.05) is 23.1 Å². The van der Waals surface area contributed by atoms with Crippen LogP contribution < -0.4 is 9.84 Å². The fraction of sp³-hybridized carbons (Fsp3) is 0.286. The molecule has 0 radical (unpaired) electrons. The van der Waals surface area contributed by atoms with Gasteiger partial charge in [0.2, 0.25) is 0 Å². The van der Waals surface area contributed by atoms with E-state index in [0.29, 0.717) is 0 Å². The van der Waals surface area contributed by atoms with E-state index in [1.165, 1.54) is 6.07 Å². The second-order valence-electron chi connectivity index (χ2n) is 4.66. The van der Waals surface area contributed by atoms with Crippen LogP contribution in [0.5, 0.6) is 5.75 Å². The summed E-state index contributed by atoms with van der Waals surface area (Å²) in [5, 5.41) is 11.7. The summed E-state index contributed by atoms with van der Waals surface area (Å²) in [4.78, 5) is 15.4. The number of fused-ring (bicyclic) bond motifs is 3. The highest BCUT2D eigenvalue weighted by atomic mass is 16.5. The van der Waals surface area contributed by atoms with Gasteiger partial charge in [0.25, 0.3) is 0 Å². The molecule has 0 saturated carbocycles. The molecule has 92 valence electrons. The molecule has 1 aromatic carbocycles. The monoisotopic (exact) mass is 242 g/mol. The van der Waals surface area contributed by atoms with E-state index >= 15 is 0 Å². The van der Waals surface area contributed by atoms with Crippen LogP contribution in [0.4, 0.5) is 0 Å². The number of carboxylic acid groups (broad SMARTS) is 1. The number of hydrogen-bond acceptors (Lipinski definition) is 4. The molecular formula is C14H12NO3-. The van der Waals surface area contributed by atoms with Gasteiger partial charge >= 0.3 is 0 Å². The zero-order valence-corrected chi connectivity index (χ0v) is 10.2. The van der Waals surface area contributed by atoms with Crippen LogP contribution in [0, 0.1) is 6.92 Å². The number of pyridine rings is 1. The first-order valence-corrected chi connectivity index (χ1v) is 5.87. The van der Waals surface area contributed by atoms with Crippen molar-refractivity contribution >= 4 is 16.9 Å². The Morgan fingerprint density at radius 1 is 1.50 bits per heavy atom. The van der Waals surface area contributed by atoms with Gasteiger partial charge in [-0.3, -0.25) is 4.98 Å². The molecule has 0 fully saturated rings.